The van der Waals surface area contributed by atoms with E-state index in [1.165, 1.54) is 19.2 Å². The Bertz CT molecular complexity index is 1030. The summed E-state index contributed by atoms with van der Waals surface area (Å²) in [7, 11) is 1.30. The number of alkyl halides is 3. The van der Waals surface area contributed by atoms with Gasteiger partial charge in [0.2, 0.25) is 0 Å². The molecule has 0 spiro atoms. The molecule has 1 unspecified atom stereocenters. The number of aryl methyl sites for hydroxylation is 1. The van der Waals surface area contributed by atoms with E-state index in [-0.39, 0.29) is 18.2 Å². The minimum atomic E-state index is -4.48. The summed E-state index contributed by atoms with van der Waals surface area (Å²) < 4.78 is 45.8. The van der Waals surface area contributed by atoms with Crippen LogP contribution < -0.4 is 5.32 Å². The van der Waals surface area contributed by atoms with Crippen LogP contribution in [0.25, 0.3) is 0 Å². The zero-order chi connectivity index (χ0) is 24.0. The molecule has 1 heterocycles. The number of benzene rings is 2. The largest absolute Gasteiger partial charge is 0.466 e. The van der Waals surface area contributed by atoms with Crippen LogP contribution in [0.3, 0.4) is 0 Å². The highest BCUT2D eigenvalue weighted by Gasteiger charge is 2.37. The maximum absolute atomic E-state index is 13.6. The first-order chi connectivity index (χ1) is 15.8. The maximum atomic E-state index is 13.6. The number of allylic oxidation sites excluding steroid dienone is 1. The molecule has 2 aromatic carbocycles. The van der Waals surface area contributed by atoms with Crippen molar-refractivity contribution in [2.45, 2.75) is 45.5 Å². The molecule has 5 nitrogen and oxygen atoms in total. The number of guanidine groups is 1. The molecule has 0 radical (unpaired) electrons. The van der Waals surface area contributed by atoms with E-state index in [4.69, 9.17) is 4.74 Å². The van der Waals surface area contributed by atoms with Gasteiger partial charge in [0.1, 0.15) is 0 Å². The van der Waals surface area contributed by atoms with Crippen LogP contribution in [0.2, 0.25) is 0 Å². The first-order valence-corrected chi connectivity index (χ1v) is 10.8. The molecular formula is C25H28F3N3O2. The van der Waals surface area contributed by atoms with Crippen LogP contribution in [-0.4, -0.2) is 36.5 Å². The smallest absolute Gasteiger partial charge is 0.416 e. The average molecular weight is 460 g/mol. The number of aliphatic imine (C=N–C) groups is 1. The molecule has 8 heteroatoms. The summed E-state index contributed by atoms with van der Waals surface area (Å²) in [6.07, 6.45) is -3.17. The molecular weight excluding hydrogens is 431 g/mol. The molecule has 1 atom stereocenters. The molecule has 1 aliphatic rings. The van der Waals surface area contributed by atoms with Crippen LogP contribution in [0.4, 0.5) is 13.2 Å². The predicted molar refractivity (Wildman–Crippen MR) is 121 cm³/mol. The van der Waals surface area contributed by atoms with Crippen molar-refractivity contribution in [2.75, 3.05) is 13.7 Å². The van der Waals surface area contributed by atoms with Crippen LogP contribution in [0.15, 0.2) is 70.9 Å². The van der Waals surface area contributed by atoms with E-state index in [9.17, 15) is 18.0 Å². The lowest BCUT2D eigenvalue weighted by molar-refractivity contribution is -0.139. The molecule has 0 fully saturated rings. The minimum absolute atomic E-state index is 0.0841. The normalized spacial score (nSPS) is 17.8. The fourth-order valence-electron chi connectivity index (χ4n) is 4.01. The monoisotopic (exact) mass is 459 g/mol. The van der Waals surface area contributed by atoms with Gasteiger partial charge in [-0.3, -0.25) is 4.99 Å². The first-order valence-electron chi connectivity index (χ1n) is 10.8. The number of ether oxygens (including phenoxy) is 1. The van der Waals surface area contributed by atoms with E-state index < -0.39 is 17.7 Å². The van der Waals surface area contributed by atoms with Gasteiger partial charge in [0, 0.05) is 12.2 Å². The van der Waals surface area contributed by atoms with Gasteiger partial charge < -0.3 is 15.0 Å². The summed E-state index contributed by atoms with van der Waals surface area (Å²) in [4.78, 5) is 18.8. The SMILES string of the molecule is CCN=C1NC(CCc2ccccc2)C(C(=O)OC)=C(C)N1Cc1ccccc1C(F)(F)F. The number of hydrogen-bond acceptors (Lipinski definition) is 3. The Kier molecular flexibility index (Phi) is 7.79. The highest BCUT2D eigenvalue weighted by molar-refractivity contribution is 5.95. The summed E-state index contributed by atoms with van der Waals surface area (Å²) in [5, 5.41) is 3.28. The van der Waals surface area contributed by atoms with Crippen molar-refractivity contribution in [1.29, 1.82) is 0 Å². The van der Waals surface area contributed by atoms with Gasteiger partial charge in [-0.1, -0.05) is 48.5 Å². The van der Waals surface area contributed by atoms with Gasteiger partial charge in [0.05, 0.1) is 30.8 Å². The summed E-state index contributed by atoms with van der Waals surface area (Å²) in [6.45, 7) is 3.93. The number of esters is 1. The van der Waals surface area contributed by atoms with Crippen LogP contribution in [0, 0.1) is 0 Å². The molecule has 2 aromatic rings. The van der Waals surface area contributed by atoms with E-state index in [1.54, 1.807) is 17.9 Å². The van der Waals surface area contributed by atoms with Gasteiger partial charge in [-0.25, -0.2) is 4.79 Å². The topological polar surface area (TPSA) is 53.9 Å². The first kappa shape index (κ1) is 24.4. The third-order valence-electron chi connectivity index (χ3n) is 5.63. The van der Waals surface area contributed by atoms with Gasteiger partial charge in [-0.15, -0.1) is 0 Å². The lowest BCUT2D eigenvalue weighted by Crippen LogP contribution is -2.52. The van der Waals surface area contributed by atoms with Crippen LogP contribution in [0.5, 0.6) is 0 Å². The van der Waals surface area contributed by atoms with Crippen LogP contribution in [-0.2, 0) is 28.7 Å². The number of carbonyl (C=O) groups is 1. The zero-order valence-corrected chi connectivity index (χ0v) is 18.9. The average Bonchev–Trinajstić information content (AvgIpc) is 2.80. The number of nitrogens with one attached hydrogen (secondary N) is 1. The Morgan fingerprint density at radius 3 is 2.42 bits per heavy atom. The van der Waals surface area contributed by atoms with Crippen molar-refractivity contribution < 1.29 is 22.7 Å². The summed E-state index contributed by atoms with van der Waals surface area (Å²) in [6, 6.07) is 14.9. The van der Waals surface area contributed by atoms with E-state index in [0.29, 0.717) is 36.6 Å². The minimum Gasteiger partial charge on any atom is -0.466 e. The zero-order valence-electron chi connectivity index (χ0n) is 18.9. The molecule has 0 saturated carbocycles. The molecule has 0 saturated heterocycles. The van der Waals surface area contributed by atoms with E-state index in [2.05, 4.69) is 10.3 Å². The van der Waals surface area contributed by atoms with Gasteiger partial charge in [-0.2, -0.15) is 13.2 Å². The third kappa shape index (κ3) is 5.74. The number of carbonyl (C=O) groups excluding carboxylic acids is 1. The summed E-state index contributed by atoms with van der Waals surface area (Å²) in [5.41, 5.74) is 1.44. The van der Waals surface area contributed by atoms with Crippen molar-refractivity contribution in [3.8, 4) is 0 Å². The second kappa shape index (κ2) is 10.6. The Hall–Kier alpha value is -3.29. The molecule has 1 N–H and O–H groups in total. The van der Waals surface area contributed by atoms with E-state index in [0.717, 1.165) is 11.6 Å². The molecule has 33 heavy (non-hydrogen) atoms. The Morgan fingerprint density at radius 2 is 1.79 bits per heavy atom. The van der Waals surface area contributed by atoms with Gasteiger partial charge >= 0.3 is 12.1 Å². The van der Waals surface area contributed by atoms with Crippen LogP contribution in [0.1, 0.15) is 37.0 Å². The molecule has 0 aliphatic carbocycles. The van der Waals surface area contributed by atoms with Gasteiger partial charge in [0.25, 0.3) is 0 Å². The number of methoxy groups -OCH3 is 1. The molecule has 176 valence electrons. The maximum Gasteiger partial charge on any atom is 0.416 e. The second-order valence-electron chi connectivity index (χ2n) is 7.75. The number of rotatable bonds is 7. The molecule has 0 bridgehead atoms. The highest BCUT2D eigenvalue weighted by atomic mass is 19.4. The molecule has 3 rings (SSSR count). The lowest BCUT2D eigenvalue weighted by Gasteiger charge is -2.38. The van der Waals surface area contributed by atoms with Crippen molar-refractivity contribution in [2.24, 2.45) is 4.99 Å². The second-order valence-corrected chi connectivity index (χ2v) is 7.75. The molecule has 0 amide bonds. The Balaban J connectivity index is 1.99. The third-order valence-corrected chi connectivity index (χ3v) is 5.63. The number of nitrogens with zero attached hydrogens (tertiary/aromatic N) is 2. The van der Waals surface area contributed by atoms with Crippen molar-refractivity contribution >= 4 is 11.9 Å². The Labute approximate surface area is 192 Å². The fourth-order valence-corrected chi connectivity index (χ4v) is 4.01. The lowest BCUT2D eigenvalue weighted by atomic mass is 9.95. The number of halogens is 3. The van der Waals surface area contributed by atoms with Crippen LogP contribution >= 0.6 is 0 Å². The van der Waals surface area contributed by atoms with Gasteiger partial charge in [-0.05, 0) is 43.9 Å². The predicted octanol–water partition coefficient (Wildman–Crippen LogP) is 4.93. The number of hydrogen-bond donors (Lipinski definition) is 1. The van der Waals surface area contributed by atoms with Gasteiger partial charge in [0.15, 0.2) is 5.96 Å². The summed E-state index contributed by atoms with van der Waals surface area (Å²) in [5.74, 6) is -0.0691. The molecule has 1 aliphatic heterocycles. The quantitative estimate of drug-likeness (QED) is 0.597. The van der Waals surface area contributed by atoms with E-state index in [1.807, 2.05) is 37.3 Å². The molecule has 0 aromatic heterocycles. The highest BCUT2D eigenvalue weighted by Crippen LogP contribution is 2.34. The summed E-state index contributed by atoms with van der Waals surface area (Å²) >= 11 is 0. The van der Waals surface area contributed by atoms with E-state index >= 15 is 0 Å². The fraction of sp³-hybridized carbons (Fsp3) is 0.360. The van der Waals surface area contributed by atoms with Crippen molar-refractivity contribution in [3.63, 3.8) is 0 Å². The Morgan fingerprint density at radius 1 is 1.12 bits per heavy atom. The van der Waals surface area contributed by atoms with Crippen molar-refractivity contribution in [1.82, 2.24) is 10.2 Å². The van der Waals surface area contributed by atoms with Crippen molar-refractivity contribution in [3.05, 3.63) is 82.6 Å². The standard InChI is InChI=1S/C25H28F3N3O2/c1-4-29-24-30-21(15-14-18-10-6-5-7-11-18)22(23(32)33-3)17(2)31(24)16-19-12-8-9-13-20(19)25(26,27)28/h5-13,21H,4,14-16H2,1-3H3,(H,29,30).